The van der Waals surface area contributed by atoms with Crippen LogP contribution in [-0.2, 0) is 4.79 Å². The highest BCUT2D eigenvalue weighted by molar-refractivity contribution is 6.31. The number of carbonyl (C=O) groups is 2. The Kier molecular flexibility index (Phi) is 5.84. The molecule has 1 atom stereocenters. The minimum absolute atomic E-state index is 0.0270. The maximum absolute atomic E-state index is 11.9. The van der Waals surface area contributed by atoms with Crippen LogP contribution in [0.5, 0.6) is 11.5 Å². The summed E-state index contributed by atoms with van der Waals surface area (Å²) in [4.78, 5) is 23.1. The van der Waals surface area contributed by atoms with E-state index in [0.717, 1.165) is 0 Å². The topological polar surface area (TPSA) is 84.9 Å². The maximum Gasteiger partial charge on any atom is 0.339 e. The van der Waals surface area contributed by atoms with Gasteiger partial charge < -0.3 is 19.9 Å². The van der Waals surface area contributed by atoms with Crippen molar-refractivity contribution in [1.82, 2.24) is 5.32 Å². The van der Waals surface area contributed by atoms with Gasteiger partial charge in [0.25, 0.3) is 5.91 Å². The minimum Gasteiger partial charge on any atom is -0.493 e. The van der Waals surface area contributed by atoms with Gasteiger partial charge in [-0.1, -0.05) is 11.6 Å². The molecular weight excluding hydrogens is 298 g/mol. The largest absolute Gasteiger partial charge is 0.493 e. The van der Waals surface area contributed by atoms with Crippen molar-refractivity contribution < 1.29 is 24.2 Å². The van der Waals surface area contributed by atoms with Gasteiger partial charge in [0.1, 0.15) is 5.56 Å². The summed E-state index contributed by atoms with van der Waals surface area (Å²) < 4.78 is 10.5. The lowest BCUT2D eigenvalue weighted by Gasteiger charge is -2.19. The third-order valence-corrected chi connectivity index (χ3v) is 2.78. The van der Waals surface area contributed by atoms with Gasteiger partial charge in [-0.2, -0.15) is 0 Å². The summed E-state index contributed by atoms with van der Waals surface area (Å²) in [6, 6.07) is 2.63. The molecule has 1 unspecified atom stereocenters. The van der Waals surface area contributed by atoms with Gasteiger partial charge in [0.15, 0.2) is 17.6 Å². The van der Waals surface area contributed by atoms with E-state index in [9.17, 15) is 14.7 Å². The summed E-state index contributed by atoms with van der Waals surface area (Å²) >= 11 is 5.83. The van der Waals surface area contributed by atoms with Crippen LogP contribution in [-0.4, -0.2) is 36.2 Å². The van der Waals surface area contributed by atoms with Crippen molar-refractivity contribution >= 4 is 23.5 Å². The molecule has 6 nitrogen and oxygen atoms in total. The number of nitrogens with one attached hydrogen (secondary N) is 1. The summed E-state index contributed by atoms with van der Waals surface area (Å²) in [6.45, 7) is 5.16. The first-order valence-electron chi connectivity index (χ1n) is 6.34. The Morgan fingerprint density at radius 2 is 1.90 bits per heavy atom. The van der Waals surface area contributed by atoms with Crippen molar-refractivity contribution in [2.75, 3.05) is 7.11 Å². The number of hydrogen-bond acceptors (Lipinski definition) is 4. The first kappa shape index (κ1) is 17.1. The highest BCUT2D eigenvalue weighted by Gasteiger charge is 2.23. The molecule has 0 radical (unpaired) electrons. The average Bonchev–Trinajstić information content (AvgIpc) is 2.38. The molecule has 116 valence electrons. The van der Waals surface area contributed by atoms with Crippen LogP contribution in [0.1, 0.15) is 31.1 Å². The third-order valence-electron chi connectivity index (χ3n) is 2.56. The van der Waals surface area contributed by atoms with Gasteiger partial charge in [0.05, 0.1) is 7.11 Å². The van der Waals surface area contributed by atoms with Gasteiger partial charge in [0, 0.05) is 17.1 Å². The fourth-order valence-corrected chi connectivity index (χ4v) is 1.84. The molecule has 0 saturated carbocycles. The van der Waals surface area contributed by atoms with Crippen molar-refractivity contribution in [1.29, 1.82) is 0 Å². The van der Waals surface area contributed by atoms with Crippen molar-refractivity contribution in [3.8, 4) is 11.5 Å². The van der Waals surface area contributed by atoms with E-state index in [1.165, 1.54) is 26.2 Å². The van der Waals surface area contributed by atoms with Gasteiger partial charge in [-0.25, -0.2) is 4.79 Å². The van der Waals surface area contributed by atoms with E-state index in [0.29, 0.717) is 0 Å². The molecule has 0 aromatic heterocycles. The molecule has 0 spiro atoms. The van der Waals surface area contributed by atoms with Crippen LogP contribution in [0.3, 0.4) is 0 Å². The molecule has 0 aliphatic heterocycles. The summed E-state index contributed by atoms with van der Waals surface area (Å²) in [6.07, 6.45) is -0.874. The van der Waals surface area contributed by atoms with Crippen molar-refractivity contribution in [2.24, 2.45) is 0 Å². The molecule has 2 N–H and O–H groups in total. The number of aromatic carboxylic acids is 1. The van der Waals surface area contributed by atoms with Crippen LogP contribution in [0.25, 0.3) is 0 Å². The number of methoxy groups -OCH3 is 1. The number of amides is 1. The number of hydrogen-bond donors (Lipinski definition) is 2. The molecule has 0 aliphatic rings. The maximum atomic E-state index is 11.9. The Morgan fingerprint density at radius 1 is 1.29 bits per heavy atom. The van der Waals surface area contributed by atoms with E-state index < -0.39 is 12.1 Å². The van der Waals surface area contributed by atoms with E-state index in [1.807, 2.05) is 13.8 Å². The van der Waals surface area contributed by atoms with Crippen LogP contribution in [0, 0.1) is 0 Å². The van der Waals surface area contributed by atoms with Gasteiger partial charge in [-0.15, -0.1) is 0 Å². The first-order chi connectivity index (χ1) is 9.76. The first-order valence-corrected chi connectivity index (χ1v) is 6.72. The lowest BCUT2D eigenvalue weighted by molar-refractivity contribution is -0.127. The third kappa shape index (κ3) is 4.53. The second-order valence-corrected chi connectivity index (χ2v) is 5.15. The summed E-state index contributed by atoms with van der Waals surface area (Å²) in [7, 11) is 1.36. The molecule has 0 saturated heterocycles. The predicted octanol–water partition coefficient (Wildman–Crippen LogP) is 2.34. The number of benzene rings is 1. The molecular formula is C14H18ClNO5. The Labute approximate surface area is 128 Å². The summed E-state index contributed by atoms with van der Waals surface area (Å²) in [5, 5.41) is 12.1. The molecule has 21 heavy (non-hydrogen) atoms. The molecule has 0 bridgehead atoms. The lowest BCUT2D eigenvalue weighted by Crippen LogP contribution is -2.40. The highest BCUT2D eigenvalue weighted by Crippen LogP contribution is 2.35. The normalized spacial score (nSPS) is 11.9. The van der Waals surface area contributed by atoms with Crippen LogP contribution in [0.2, 0.25) is 5.02 Å². The Balaban J connectivity index is 3.11. The zero-order valence-electron chi connectivity index (χ0n) is 12.3. The smallest absolute Gasteiger partial charge is 0.339 e. The Morgan fingerprint density at radius 3 is 2.38 bits per heavy atom. The molecule has 1 aromatic carbocycles. The minimum atomic E-state index is -1.22. The van der Waals surface area contributed by atoms with E-state index in [4.69, 9.17) is 21.1 Å². The number of rotatable bonds is 6. The zero-order valence-corrected chi connectivity index (χ0v) is 13.0. The van der Waals surface area contributed by atoms with Gasteiger partial charge >= 0.3 is 5.97 Å². The molecule has 0 heterocycles. The van der Waals surface area contributed by atoms with Crippen LogP contribution >= 0.6 is 11.6 Å². The average molecular weight is 316 g/mol. The number of halogens is 1. The second kappa shape index (κ2) is 7.17. The second-order valence-electron chi connectivity index (χ2n) is 4.71. The molecule has 0 aliphatic carbocycles. The van der Waals surface area contributed by atoms with E-state index in [-0.39, 0.29) is 34.0 Å². The van der Waals surface area contributed by atoms with Gasteiger partial charge in [0.2, 0.25) is 0 Å². The SMILES string of the molecule is COc1cc(Cl)cc(C(=O)O)c1OC(C)C(=O)NC(C)C. The van der Waals surface area contributed by atoms with E-state index in [1.54, 1.807) is 0 Å². The van der Waals surface area contributed by atoms with E-state index in [2.05, 4.69) is 5.32 Å². The number of carboxylic acids is 1. The number of carbonyl (C=O) groups excluding carboxylic acids is 1. The molecule has 7 heteroatoms. The van der Waals surface area contributed by atoms with Crippen LogP contribution in [0.15, 0.2) is 12.1 Å². The fourth-order valence-electron chi connectivity index (χ4n) is 1.63. The number of carboxylic acid groups (broad SMARTS) is 1. The van der Waals surface area contributed by atoms with Crippen molar-refractivity contribution in [3.63, 3.8) is 0 Å². The van der Waals surface area contributed by atoms with Crippen LogP contribution < -0.4 is 14.8 Å². The highest BCUT2D eigenvalue weighted by atomic mass is 35.5. The predicted molar refractivity (Wildman–Crippen MR) is 78.3 cm³/mol. The van der Waals surface area contributed by atoms with Crippen molar-refractivity contribution in [3.05, 3.63) is 22.7 Å². The lowest BCUT2D eigenvalue weighted by atomic mass is 10.2. The quantitative estimate of drug-likeness (QED) is 0.841. The summed E-state index contributed by atoms with van der Waals surface area (Å²) in [5.41, 5.74) is -0.163. The molecule has 1 rings (SSSR count). The Hall–Kier alpha value is -1.95. The zero-order chi connectivity index (χ0) is 16.2. The monoisotopic (exact) mass is 315 g/mol. The summed E-state index contributed by atoms with van der Waals surface area (Å²) in [5.74, 6) is -1.44. The number of ether oxygens (including phenoxy) is 2. The van der Waals surface area contributed by atoms with Gasteiger partial charge in [-0.3, -0.25) is 4.79 Å². The van der Waals surface area contributed by atoms with Crippen LogP contribution in [0.4, 0.5) is 0 Å². The Bertz CT molecular complexity index is 544. The van der Waals surface area contributed by atoms with E-state index >= 15 is 0 Å². The van der Waals surface area contributed by atoms with Crippen molar-refractivity contribution in [2.45, 2.75) is 32.9 Å². The fraction of sp³-hybridized carbons (Fsp3) is 0.429. The molecule has 1 aromatic rings. The standard InChI is InChI=1S/C14H18ClNO5/c1-7(2)16-13(17)8(3)21-12-10(14(18)19)5-9(15)6-11(12)20-4/h5-8H,1-4H3,(H,16,17)(H,18,19). The van der Waals surface area contributed by atoms with Gasteiger partial charge in [-0.05, 0) is 26.8 Å². The molecule has 0 fully saturated rings. The molecule has 1 amide bonds.